The summed E-state index contributed by atoms with van der Waals surface area (Å²) in [5.41, 5.74) is 4.24. The smallest absolute Gasteiger partial charge is 0.188 e. The molecule has 12 heterocycles. The van der Waals surface area contributed by atoms with Crippen molar-refractivity contribution in [1.82, 2.24) is 59.8 Å². The number of halogens is 9. The predicted molar refractivity (Wildman–Crippen MR) is 376 cm³/mol. The van der Waals surface area contributed by atoms with E-state index in [1.807, 2.05) is 36.8 Å². The number of pyridine rings is 6. The van der Waals surface area contributed by atoms with Crippen molar-refractivity contribution < 1.29 is 38.4 Å². The minimum absolute atomic E-state index is 0.0198. The molecule has 39 heteroatoms. The number of sulfone groups is 2. The molecule has 0 aliphatic rings. The topological polar surface area (TPSA) is 257 Å². The molecule has 486 valence electrons. The highest BCUT2D eigenvalue weighted by atomic mass is 35.5. The summed E-state index contributed by atoms with van der Waals surface area (Å²) < 4.78 is 110. The minimum Gasteiger partial charge on any atom is -0.264 e. The lowest BCUT2D eigenvalue weighted by atomic mass is 10.3. The van der Waals surface area contributed by atoms with E-state index in [2.05, 4.69) is 59.8 Å². The molecule has 0 radical (unpaired) electrons. The predicted octanol–water partition coefficient (Wildman–Crippen LogP) is 17.3. The van der Waals surface area contributed by atoms with E-state index in [9.17, 15) is 38.4 Å². The van der Waals surface area contributed by atoms with E-state index >= 15 is 0 Å². The van der Waals surface area contributed by atoms with Gasteiger partial charge >= 0.3 is 0 Å². The van der Waals surface area contributed by atoms with Crippen LogP contribution in [0.15, 0.2) is 154 Å². The Kier molecular flexibility index (Phi) is 28.7. The normalized spacial score (nSPS) is 11.6. The fourth-order valence-electron chi connectivity index (χ4n) is 6.58. The summed E-state index contributed by atoms with van der Waals surface area (Å²) in [6, 6.07) is 15.1. The first-order chi connectivity index (χ1) is 44.1. The van der Waals surface area contributed by atoms with E-state index in [0.29, 0.717) is 60.6 Å². The molecule has 2 atom stereocenters. The van der Waals surface area contributed by atoms with Gasteiger partial charge in [-0.3, -0.25) is 38.3 Å². The minimum atomic E-state index is -3.42. The zero-order valence-electron chi connectivity index (χ0n) is 47.7. The molecule has 18 nitrogen and oxygen atoms in total. The van der Waals surface area contributed by atoms with Crippen LogP contribution in [0.5, 0.6) is 0 Å². The van der Waals surface area contributed by atoms with Gasteiger partial charge in [-0.25, -0.2) is 59.9 Å². The van der Waals surface area contributed by atoms with Crippen molar-refractivity contribution in [3.05, 3.63) is 177 Å². The van der Waals surface area contributed by atoms with Gasteiger partial charge in [-0.05, 0) is 67.1 Å². The van der Waals surface area contributed by atoms with Gasteiger partial charge in [-0.1, -0.05) is 69.6 Å². The molecule has 93 heavy (non-hydrogen) atoms. The van der Waals surface area contributed by atoms with E-state index in [4.69, 9.17) is 69.6 Å². The summed E-state index contributed by atoms with van der Waals surface area (Å²) in [7, 11) is -9.02. The third-order valence-electron chi connectivity index (χ3n) is 10.5. The number of thioether (sulfide) groups is 2. The van der Waals surface area contributed by atoms with Crippen LogP contribution in [0.2, 0.25) is 30.9 Å². The monoisotopic (exact) mass is 1600 g/mol. The number of hydrogen-bond donors (Lipinski definition) is 0. The Hall–Kier alpha value is -4.89. The summed E-state index contributed by atoms with van der Waals surface area (Å²) in [6.07, 6.45) is 27.1. The Labute approximate surface area is 597 Å². The highest BCUT2D eigenvalue weighted by molar-refractivity contribution is 8.01. The van der Waals surface area contributed by atoms with Gasteiger partial charge in [0, 0.05) is 114 Å². The van der Waals surface area contributed by atoms with Crippen molar-refractivity contribution in [3.63, 3.8) is 0 Å². The lowest BCUT2D eigenvalue weighted by Gasteiger charge is -1.94. The van der Waals surface area contributed by atoms with Crippen LogP contribution >= 0.6 is 161 Å². The van der Waals surface area contributed by atoms with Crippen LogP contribution in [-0.2, 0) is 41.3 Å². The molecule has 0 saturated heterocycles. The van der Waals surface area contributed by atoms with Crippen molar-refractivity contribution in [2.45, 2.75) is 25.3 Å². The molecule has 0 aliphatic carbocycles. The second kappa shape index (κ2) is 35.4. The van der Waals surface area contributed by atoms with E-state index in [1.165, 1.54) is 82.6 Å². The fourth-order valence-corrected chi connectivity index (χ4v) is 20.0. The lowest BCUT2D eigenvalue weighted by molar-refractivity contribution is 0.602. The van der Waals surface area contributed by atoms with E-state index in [-0.39, 0.29) is 29.7 Å². The number of aromatic nitrogens is 12. The van der Waals surface area contributed by atoms with Gasteiger partial charge in [-0.2, -0.15) is 0 Å². The number of hydrogen-bond acceptors (Lipinski definition) is 26. The molecular formula is C54H39Cl6F3N12O6S12. The van der Waals surface area contributed by atoms with Crippen LogP contribution < -0.4 is 0 Å². The summed E-state index contributed by atoms with van der Waals surface area (Å²) in [4.78, 5) is 47.6. The van der Waals surface area contributed by atoms with Crippen LogP contribution in [-0.4, -0.2) is 123 Å². The summed E-state index contributed by atoms with van der Waals surface area (Å²) in [5.74, 6) is -1.33. The molecule has 0 N–H and O–H groups in total. The first-order valence-corrected chi connectivity index (χ1v) is 41.3. The Morgan fingerprint density at radius 3 is 0.914 bits per heavy atom. The van der Waals surface area contributed by atoms with Crippen LogP contribution in [0.4, 0.5) is 13.2 Å². The molecule has 12 aromatic heterocycles. The van der Waals surface area contributed by atoms with Crippen molar-refractivity contribution in [3.8, 4) is 63.4 Å². The third-order valence-corrected chi connectivity index (χ3v) is 28.9. The Bertz CT molecular complexity index is 4790. The summed E-state index contributed by atoms with van der Waals surface area (Å²) >= 11 is 45.7. The van der Waals surface area contributed by atoms with Crippen molar-refractivity contribution in [2.24, 2.45) is 0 Å². The number of nitrogens with zero attached hydrogens (tertiary/aromatic N) is 12. The first-order valence-electron chi connectivity index (χ1n) is 24.8. The van der Waals surface area contributed by atoms with E-state index < -0.39 is 52.9 Å². The van der Waals surface area contributed by atoms with Gasteiger partial charge in [0.2, 0.25) is 0 Å². The molecule has 12 aromatic rings. The molecule has 0 saturated carbocycles. The van der Waals surface area contributed by atoms with Gasteiger partial charge in [0.1, 0.15) is 55.9 Å². The molecular weight excluding hydrogens is 1570 g/mol. The van der Waals surface area contributed by atoms with Gasteiger partial charge < -0.3 is 0 Å². The zero-order chi connectivity index (χ0) is 67.7. The van der Waals surface area contributed by atoms with Gasteiger partial charge in [0.15, 0.2) is 59.0 Å². The average Bonchev–Trinajstić information content (AvgIpc) is 1.78. The second-order valence-electron chi connectivity index (χ2n) is 17.3. The van der Waals surface area contributed by atoms with Crippen LogP contribution in [0.1, 0.15) is 0 Å². The first kappa shape index (κ1) is 75.5. The highest BCUT2D eigenvalue weighted by Gasteiger charge is 2.22. The maximum Gasteiger partial charge on any atom is 0.188 e. The molecule has 12 rings (SSSR count). The molecule has 0 fully saturated rings. The number of rotatable bonds is 12. The van der Waals surface area contributed by atoms with E-state index in [0.717, 1.165) is 88.9 Å². The Morgan fingerprint density at radius 1 is 0.387 bits per heavy atom. The van der Waals surface area contributed by atoms with Crippen LogP contribution in [0, 0.1) is 17.5 Å². The third kappa shape index (κ3) is 22.1. The van der Waals surface area contributed by atoms with Crippen molar-refractivity contribution >= 4 is 202 Å². The van der Waals surface area contributed by atoms with Gasteiger partial charge in [0.25, 0.3) is 0 Å². The second-order valence-corrected chi connectivity index (χ2v) is 35.2. The fraction of sp³-hybridized carbons (Fsp3) is 0.111. The molecule has 0 spiro atoms. The van der Waals surface area contributed by atoms with Crippen molar-refractivity contribution in [2.75, 3.05) is 37.5 Å². The lowest BCUT2D eigenvalue weighted by Crippen LogP contribution is -1.93. The number of thiazole rings is 6. The zero-order valence-corrected chi connectivity index (χ0v) is 62.1. The van der Waals surface area contributed by atoms with Crippen molar-refractivity contribution in [1.29, 1.82) is 0 Å². The molecule has 2 unspecified atom stereocenters. The molecule has 0 bridgehead atoms. The standard InChI is InChI=1S/C9H6ClFN2O2S2.C9H6ClFN2OS2.C9H6ClFN2S2.C9H7ClN2O2S2.C9H7ClN2OS2.C9H7ClN2S2/c1-17(14,15)9-7(10)13-8(16-9)5-2-6(11)4-12-3-5;1-16(14)9-7(10)13-8(15-9)5-2-6(11)4-12-3-5;1-14-9-7(10)13-8(15-9)5-2-6(11)4-12-3-5;1-16(13,14)9-7(10)12-8(15-9)6-3-2-4-11-5-6;1-15(13)9-7(10)12-8(14-9)6-3-2-4-11-5-6;1-13-9-7(10)12-8(14-9)6-3-2-4-11-5-6/h2-4H,1H3;2-4H,1H3;2-4H,1H3;2-5H,1H3;2-5H,1H3;2-5H,1H3. The maximum atomic E-state index is 13.0. The quantitative estimate of drug-likeness (QED) is 0.103. The van der Waals surface area contributed by atoms with Crippen LogP contribution in [0.25, 0.3) is 63.4 Å². The summed E-state index contributed by atoms with van der Waals surface area (Å²) in [5, 5.41) is 5.24. The average molecular weight is 1610 g/mol. The van der Waals surface area contributed by atoms with Crippen LogP contribution in [0.3, 0.4) is 0 Å². The maximum absolute atomic E-state index is 13.0. The highest BCUT2D eigenvalue weighted by Crippen LogP contribution is 2.40. The van der Waals surface area contributed by atoms with Gasteiger partial charge in [0.05, 0.1) is 48.6 Å². The largest absolute Gasteiger partial charge is 0.264 e. The Morgan fingerprint density at radius 2 is 0.656 bits per heavy atom. The SMILES string of the molecule is CS(=O)(=O)c1sc(-c2cccnc2)nc1Cl.CS(=O)(=O)c1sc(-c2cncc(F)c2)nc1Cl.CS(=O)c1sc(-c2cccnc2)nc1Cl.CS(=O)c1sc(-c2cncc(F)c2)nc1Cl.CSc1sc(-c2cccnc2)nc1Cl.CSc1sc(-c2cncc(F)c2)nc1Cl. The van der Waals surface area contributed by atoms with Gasteiger partial charge in [-0.15, -0.1) is 91.5 Å². The summed E-state index contributed by atoms with van der Waals surface area (Å²) in [6.45, 7) is 0. The molecule has 0 aromatic carbocycles. The molecule has 0 amide bonds. The Balaban J connectivity index is 0.000000158. The molecule has 0 aliphatic heterocycles. The van der Waals surface area contributed by atoms with E-state index in [1.54, 1.807) is 84.9 Å².